The van der Waals surface area contributed by atoms with Crippen LogP contribution in [-0.4, -0.2) is 54.3 Å². The number of hydrogen-bond donors (Lipinski definition) is 0. The van der Waals surface area contributed by atoms with E-state index in [9.17, 15) is 0 Å². The van der Waals surface area contributed by atoms with Crippen molar-refractivity contribution in [3.8, 4) is 0 Å². The van der Waals surface area contributed by atoms with E-state index in [-0.39, 0.29) is 0 Å². The largest absolute Gasteiger partial charge is 0.378 e. The third-order valence-corrected chi connectivity index (χ3v) is 3.88. The monoisotopic (exact) mass is 370 g/mol. The first-order valence-electron chi connectivity index (χ1n) is 6.96. The minimum atomic E-state index is 0.469. The summed E-state index contributed by atoms with van der Waals surface area (Å²) in [5, 5.41) is 4.62. The number of aldehydes is 1. The number of methoxy groups -OCH3 is 1. The van der Waals surface area contributed by atoms with Crippen molar-refractivity contribution >= 4 is 33.7 Å². The van der Waals surface area contributed by atoms with Crippen molar-refractivity contribution in [2.45, 2.75) is 13.5 Å². The Morgan fingerprint density at radius 2 is 2.09 bits per heavy atom. The van der Waals surface area contributed by atoms with Crippen molar-refractivity contribution in [3.63, 3.8) is 0 Å². The number of fused-ring (bicyclic) bond motifs is 1. The number of aromatic nitrogens is 3. The molecule has 0 radical (unpaired) electrons. The van der Waals surface area contributed by atoms with Gasteiger partial charge in [0.25, 0.3) is 0 Å². The van der Waals surface area contributed by atoms with Crippen LogP contribution in [0.5, 0.6) is 0 Å². The van der Waals surface area contributed by atoms with E-state index in [1.165, 1.54) is 6.92 Å². The molecule has 2 aromatic rings. The highest BCUT2D eigenvalue weighted by atomic mass is 79.9. The maximum Gasteiger partial charge on any atom is 0.155 e. The molecule has 0 saturated carbocycles. The standard InChI is InChI=1S/C12H15BrN4O2.C2H4O/c1-18-8-9-12(13)17-10(14-9)2-3-11(15-17)16-4-6-19-7-5-16;1-2-3/h2-3H,4-8H2,1H3;2H,1H3. The van der Waals surface area contributed by atoms with Gasteiger partial charge in [0, 0.05) is 20.2 Å². The van der Waals surface area contributed by atoms with E-state index >= 15 is 0 Å². The predicted octanol–water partition coefficient (Wildman–Crippen LogP) is 1.68. The molecular formula is C14H19BrN4O3. The van der Waals surface area contributed by atoms with Crippen molar-refractivity contribution in [3.05, 3.63) is 22.4 Å². The average Bonchev–Trinajstić information content (AvgIpc) is 2.85. The summed E-state index contributed by atoms with van der Waals surface area (Å²) in [6, 6.07) is 3.97. The second-order valence-electron chi connectivity index (χ2n) is 4.58. The van der Waals surface area contributed by atoms with E-state index in [0.29, 0.717) is 6.61 Å². The summed E-state index contributed by atoms with van der Waals surface area (Å²) in [7, 11) is 1.66. The Hall–Kier alpha value is -1.51. The topological polar surface area (TPSA) is 69.0 Å². The number of imidazole rings is 1. The summed E-state index contributed by atoms with van der Waals surface area (Å²) in [6.07, 6.45) is 0.750. The zero-order valence-electron chi connectivity index (χ0n) is 12.7. The maximum absolute atomic E-state index is 8.81. The molecule has 22 heavy (non-hydrogen) atoms. The molecule has 0 unspecified atom stereocenters. The van der Waals surface area contributed by atoms with Crippen LogP contribution >= 0.6 is 15.9 Å². The van der Waals surface area contributed by atoms with Crippen molar-refractivity contribution in [1.82, 2.24) is 14.6 Å². The van der Waals surface area contributed by atoms with E-state index in [1.807, 2.05) is 12.1 Å². The van der Waals surface area contributed by atoms with Gasteiger partial charge in [-0.15, -0.1) is 5.10 Å². The fraction of sp³-hybridized carbons (Fsp3) is 0.500. The molecule has 1 saturated heterocycles. The van der Waals surface area contributed by atoms with Crippen molar-refractivity contribution < 1.29 is 14.3 Å². The average molecular weight is 371 g/mol. The van der Waals surface area contributed by atoms with Crippen LogP contribution in [0.2, 0.25) is 0 Å². The van der Waals surface area contributed by atoms with Gasteiger partial charge in [-0.05, 0) is 35.0 Å². The fourth-order valence-corrected chi connectivity index (χ4v) is 2.60. The minimum Gasteiger partial charge on any atom is -0.378 e. The second kappa shape index (κ2) is 8.21. The molecular weight excluding hydrogens is 352 g/mol. The third-order valence-electron chi connectivity index (χ3n) is 3.09. The van der Waals surface area contributed by atoms with Crippen LogP contribution in [0.4, 0.5) is 5.82 Å². The van der Waals surface area contributed by atoms with E-state index in [1.54, 1.807) is 11.6 Å². The van der Waals surface area contributed by atoms with Crippen molar-refractivity contribution in [1.29, 1.82) is 0 Å². The number of rotatable bonds is 3. The van der Waals surface area contributed by atoms with Gasteiger partial charge in [0.2, 0.25) is 0 Å². The molecule has 3 rings (SSSR count). The van der Waals surface area contributed by atoms with Crippen LogP contribution in [0.15, 0.2) is 16.7 Å². The van der Waals surface area contributed by atoms with Crippen LogP contribution in [-0.2, 0) is 20.9 Å². The number of anilines is 1. The molecule has 0 aromatic carbocycles. The van der Waals surface area contributed by atoms with E-state index in [2.05, 4.69) is 30.9 Å². The number of halogens is 1. The van der Waals surface area contributed by atoms with Crippen LogP contribution in [0, 0.1) is 0 Å². The number of carbonyl (C=O) groups is 1. The normalized spacial score (nSPS) is 14.6. The van der Waals surface area contributed by atoms with Crippen molar-refractivity contribution in [2.75, 3.05) is 38.3 Å². The first-order valence-corrected chi connectivity index (χ1v) is 7.76. The van der Waals surface area contributed by atoms with Gasteiger partial charge in [-0.3, -0.25) is 0 Å². The number of hydrogen-bond acceptors (Lipinski definition) is 6. The molecule has 1 aliphatic heterocycles. The molecule has 0 amide bonds. The highest BCUT2D eigenvalue weighted by molar-refractivity contribution is 9.10. The zero-order valence-corrected chi connectivity index (χ0v) is 14.2. The lowest BCUT2D eigenvalue weighted by atomic mass is 10.4. The Balaban J connectivity index is 0.000000545. The predicted molar refractivity (Wildman–Crippen MR) is 86.2 cm³/mol. The molecule has 3 heterocycles. The maximum atomic E-state index is 8.81. The lowest BCUT2D eigenvalue weighted by Crippen LogP contribution is -2.37. The Morgan fingerprint density at radius 1 is 1.41 bits per heavy atom. The minimum absolute atomic E-state index is 0.469. The van der Waals surface area contributed by atoms with Crippen LogP contribution in [0.1, 0.15) is 12.6 Å². The Labute approximate surface area is 137 Å². The van der Waals surface area contributed by atoms with Gasteiger partial charge >= 0.3 is 0 Å². The number of carbonyl (C=O) groups excluding carboxylic acids is 1. The molecule has 8 heteroatoms. The quantitative estimate of drug-likeness (QED) is 0.765. The molecule has 2 aromatic heterocycles. The highest BCUT2D eigenvalue weighted by Gasteiger charge is 2.15. The van der Waals surface area contributed by atoms with E-state index in [4.69, 9.17) is 14.3 Å². The molecule has 1 aliphatic rings. The smallest absolute Gasteiger partial charge is 0.155 e. The molecule has 0 N–H and O–H groups in total. The first kappa shape index (κ1) is 16.9. The lowest BCUT2D eigenvalue weighted by molar-refractivity contribution is -0.106. The van der Waals surface area contributed by atoms with Gasteiger partial charge in [-0.2, -0.15) is 0 Å². The van der Waals surface area contributed by atoms with Gasteiger partial charge in [-0.1, -0.05) is 0 Å². The van der Waals surface area contributed by atoms with Crippen LogP contribution < -0.4 is 4.90 Å². The highest BCUT2D eigenvalue weighted by Crippen LogP contribution is 2.21. The third kappa shape index (κ3) is 3.82. The summed E-state index contributed by atoms with van der Waals surface area (Å²) in [4.78, 5) is 15.5. The summed E-state index contributed by atoms with van der Waals surface area (Å²) < 4.78 is 13.1. The number of morpholine rings is 1. The van der Waals surface area contributed by atoms with Crippen molar-refractivity contribution in [2.24, 2.45) is 0 Å². The molecule has 0 aliphatic carbocycles. The number of ether oxygens (including phenoxy) is 2. The molecule has 120 valence electrons. The van der Waals surface area contributed by atoms with E-state index < -0.39 is 0 Å². The van der Waals surface area contributed by atoms with Gasteiger partial charge in [0.05, 0.1) is 19.8 Å². The number of nitrogens with zero attached hydrogens (tertiary/aromatic N) is 4. The Bertz CT molecular complexity index is 626. The first-order chi connectivity index (χ1) is 10.7. The molecule has 0 spiro atoms. The zero-order chi connectivity index (χ0) is 15.9. The summed E-state index contributed by atoms with van der Waals surface area (Å²) in [6.45, 7) is 5.15. The summed E-state index contributed by atoms with van der Waals surface area (Å²) >= 11 is 3.53. The summed E-state index contributed by atoms with van der Waals surface area (Å²) in [5.41, 5.74) is 1.67. The SMILES string of the molecule is CC=O.COCc1nc2ccc(N3CCOCC3)nn2c1Br. The second-order valence-corrected chi connectivity index (χ2v) is 5.33. The fourth-order valence-electron chi connectivity index (χ4n) is 2.13. The van der Waals surface area contributed by atoms with Gasteiger partial charge < -0.3 is 19.2 Å². The molecule has 0 atom stereocenters. The van der Waals surface area contributed by atoms with Gasteiger partial charge in [0.1, 0.15) is 22.4 Å². The Kier molecular flexibility index (Phi) is 6.29. The van der Waals surface area contributed by atoms with Crippen LogP contribution in [0.25, 0.3) is 5.65 Å². The van der Waals surface area contributed by atoms with Gasteiger partial charge in [-0.25, -0.2) is 9.50 Å². The van der Waals surface area contributed by atoms with Gasteiger partial charge in [0.15, 0.2) is 5.65 Å². The lowest BCUT2D eigenvalue weighted by Gasteiger charge is -2.27. The van der Waals surface area contributed by atoms with E-state index in [0.717, 1.165) is 54.4 Å². The Morgan fingerprint density at radius 3 is 2.73 bits per heavy atom. The molecule has 0 bridgehead atoms. The molecule has 7 nitrogen and oxygen atoms in total. The molecule has 1 fully saturated rings. The summed E-state index contributed by atoms with van der Waals surface area (Å²) in [5.74, 6) is 0.942. The van der Waals surface area contributed by atoms with Crippen LogP contribution in [0.3, 0.4) is 0 Å².